The molecule has 0 unspecified atom stereocenters. The van der Waals surface area contributed by atoms with Gasteiger partial charge in [-0.1, -0.05) is 35.3 Å². The van der Waals surface area contributed by atoms with Crippen molar-refractivity contribution in [1.29, 1.82) is 0 Å². The third-order valence-corrected chi connectivity index (χ3v) is 6.56. The maximum absolute atomic E-state index is 13.3. The molecule has 1 aliphatic rings. The number of hydrogen-bond donors (Lipinski definition) is 0. The molecule has 0 saturated heterocycles. The van der Waals surface area contributed by atoms with E-state index >= 15 is 0 Å². The summed E-state index contributed by atoms with van der Waals surface area (Å²) in [6.07, 6.45) is 1.92. The summed E-state index contributed by atoms with van der Waals surface area (Å²) in [5.74, 6) is 0.638. The Morgan fingerprint density at radius 2 is 1.82 bits per heavy atom. The van der Waals surface area contributed by atoms with Gasteiger partial charge < -0.3 is 9.32 Å². The molecular formula is C24H21Cl2N5O2. The summed E-state index contributed by atoms with van der Waals surface area (Å²) in [6, 6.07) is 14.8. The minimum absolute atomic E-state index is 0.0760. The van der Waals surface area contributed by atoms with Crippen LogP contribution in [0.4, 0.5) is 0 Å². The highest BCUT2D eigenvalue weighted by Gasteiger charge is 2.34. The van der Waals surface area contributed by atoms with Gasteiger partial charge in [-0.05, 0) is 63.1 Å². The van der Waals surface area contributed by atoms with Crippen LogP contribution in [-0.4, -0.2) is 36.8 Å². The maximum Gasteiger partial charge on any atom is 0.254 e. The van der Waals surface area contributed by atoms with Crippen LogP contribution in [0, 0.1) is 13.8 Å². The third kappa shape index (κ3) is 4.26. The summed E-state index contributed by atoms with van der Waals surface area (Å²) in [7, 11) is 0. The Bertz CT molecular complexity index is 1330. The molecule has 4 aromatic rings. The molecule has 2 heterocycles. The number of nitrogens with zero attached hydrogens (tertiary/aromatic N) is 5. The van der Waals surface area contributed by atoms with Crippen LogP contribution in [-0.2, 0) is 6.54 Å². The van der Waals surface area contributed by atoms with Crippen LogP contribution >= 0.6 is 23.2 Å². The predicted molar refractivity (Wildman–Crippen MR) is 126 cm³/mol. The first-order valence-corrected chi connectivity index (χ1v) is 11.4. The van der Waals surface area contributed by atoms with E-state index in [1.807, 2.05) is 44.2 Å². The van der Waals surface area contributed by atoms with Crippen LogP contribution in [0.3, 0.4) is 0 Å². The van der Waals surface area contributed by atoms with E-state index in [9.17, 15) is 4.79 Å². The summed E-state index contributed by atoms with van der Waals surface area (Å²) in [4.78, 5) is 15.1. The molecule has 1 fully saturated rings. The first-order valence-electron chi connectivity index (χ1n) is 10.6. The van der Waals surface area contributed by atoms with Crippen LogP contribution in [0.2, 0.25) is 10.0 Å². The van der Waals surface area contributed by atoms with Gasteiger partial charge in [-0.3, -0.25) is 4.79 Å². The normalized spacial score (nSPS) is 13.3. The molecule has 5 rings (SSSR count). The quantitative estimate of drug-likeness (QED) is 0.355. The molecule has 168 valence electrons. The minimum Gasteiger partial charge on any atom is -0.419 e. The fourth-order valence-electron chi connectivity index (χ4n) is 3.75. The van der Waals surface area contributed by atoms with Crippen molar-refractivity contribution < 1.29 is 9.21 Å². The fraction of sp³-hybridized carbons (Fsp3) is 0.250. The zero-order chi connectivity index (χ0) is 23.1. The lowest BCUT2D eigenvalue weighted by Gasteiger charge is -2.20. The fourth-order valence-corrected chi connectivity index (χ4v) is 4.08. The molecule has 33 heavy (non-hydrogen) atoms. The average molecular weight is 482 g/mol. The Balaban J connectivity index is 1.36. The van der Waals surface area contributed by atoms with E-state index in [0.717, 1.165) is 29.9 Å². The molecule has 7 nitrogen and oxygen atoms in total. The molecule has 1 aliphatic carbocycles. The highest BCUT2D eigenvalue weighted by atomic mass is 35.5. The van der Waals surface area contributed by atoms with Gasteiger partial charge in [0, 0.05) is 11.6 Å². The number of aryl methyl sites for hydroxylation is 1. The topological polar surface area (TPSA) is 77.1 Å². The number of benzene rings is 2. The standard InChI is InChI=1S/C24H21Cl2N5O2/c1-14-22(26)15(2)31(29-14)18-9-7-16(8-10-18)24(32)30(17-11-12-17)13-21-27-28-23(33-21)19-5-3-4-6-20(19)25/h3-10,17H,11-13H2,1-2H3. The van der Waals surface area contributed by atoms with Gasteiger partial charge in [0.1, 0.15) is 0 Å². The van der Waals surface area contributed by atoms with Gasteiger partial charge in [0.15, 0.2) is 0 Å². The van der Waals surface area contributed by atoms with E-state index in [-0.39, 0.29) is 18.5 Å². The van der Waals surface area contributed by atoms with Crippen LogP contribution in [0.1, 0.15) is 40.5 Å². The van der Waals surface area contributed by atoms with Gasteiger partial charge in [-0.2, -0.15) is 5.10 Å². The Kier molecular flexibility index (Phi) is 5.68. The molecule has 0 atom stereocenters. The van der Waals surface area contributed by atoms with Crippen molar-refractivity contribution in [2.45, 2.75) is 39.3 Å². The molecular weight excluding hydrogens is 461 g/mol. The first-order chi connectivity index (χ1) is 15.9. The second-order valence-electron chi connectivity index (χ2n) is 8.09. The van der Waals surface area contributed by atoms with Crippen LogP contribution < -0.4 is 0 Å². The number of carbonyl (C=O) groups is 1. The highest BCUT2D eigenvalue weighted by molar-refractivity contribution is 6.33. The summed E-state index contributed by atoms with van der Waals surface area (Å²) >= 11 is 12.5. The van der Waals surface area contributed by atoms with E-state index in [1.54, 1.807) is 27.8 Å². The summed E-state index contributed by atoms with van der Waals surface area (Å²) in [5, 5.41) is 13.9. The van der Waals surface area contributed by atoms with Crippen molar-refractivity contribution in [3.05, 3.63) is 81.4 Å². The van der Waals surface area contributed by atoms with E-state index in [2.05, 4.69) is 15.3 Å². The van der Waals surface area contributed by atoms with E-state index < -0.39 is 0 Å². The summed E-state index contributed by atoms with van der Waals surface area (Å²) in [6.45, 7) is 4.03. The summed E-state index contributed by atoms with van der Waals surface area (Å²) in [5.41, 5.74) is 3.73. The van der Waals surface area contributed by atoms with Crippen molar-refractivity contribution in [3.63, 3.8) is 0 Å². The van der Waals surface area contributed by atoms with Crippen molar-refractivity contribution in [2.75, 3.05) is 0 Å². The number of halogens is 2. The minimum atomic E-state index is -0.0760. The van der Waals surface area contributed by atoms with E-state index in [1.165, 1.54) is 0 Å². The largest absolute Gasteiger partial charge is 0.419 e. The number of carbonyl (C=O) groups excluding carboxylic acids is 1. The molecule has 2 aromatic heterocycles. The Morgan fingerprint density at radius 3 is 2.45 bits per heavy atom. The molecule has 1 saturated carbocycles. The Labute approximate surface area is 200 Å². The van der Waals surface area contributed by atoms with Gasteiger partial charge in [0.2, 0.25) is 11.8 Å². The lowest BCUT2D eigenvalue weighted by atomic mass is 10.1. The van der Waals surface area contributed by atoms with Gasteiger partial charge >= 0.3 is 0 Å². The molecule has 0 N–H and O–H groups in total. The van der Waals surface area contributed by atoms with E-state index in [4.69, 9.17) is 27.6 Å². The molecule has 0 spiro atoms. The Morgan fingerprint density at radius 1 is 1.09 bits per heavy atom. The number of aromatic nitrogens is 4. The lowest BCUT2D eigenvalue weighted by Crippen LogP contribution is -2.32. The maximum atomic E-state index is 13.3. The first kappa shape index (κ1) is 21.7. The zero-order valence-corrected chi connectivity index (χ0v) is 19.6. The van der Waals surface area contributed by atoms with Crippen LogP contribution in [0.15, 0.2) is 52.9 Å². The second kappa shape index (κ2) is 8.65. The lowest BCUT2D eigenvalue weighted by molar-refractivity contribution is 0.0714. The molecule has 9 heteroatoms. The average Bonchev–Trinajstić information content (AvgIpc) is 3.51. The van der Waals surface area contributed by atoms with Crippen molar-refractivity contribution >= 4 is 29.1 Å². The monoisotopic (exact) mass is 481 g/mol. The van der Waals surface area contributed by atoms with Gasteiger partial charge in [0.25, 0.3) is 5.91 Å². The molecule has 0 radical (unpaired) electrons. The van der Waals surface area contributed by atoms with Gasteiger partial charge in [-0.15, -0.1) is 10.2 Å². The molecule has 0 aliphatic heterocycles. The number of rotatable bonds is 6. The van der Waals surface area contributed by atoms with Crippen molar-refractivity contribution in [3.8, 4) is 17.1 Å². The Hall–Kier alpha value is -3.16. The molecule has 1 amide bonds. The number of hydrogen-bond acceptors (Lipinski definition) is 5. The van der Waals surface area contributed by atoms with Gasteiger partial charge in [0.05, 0.1) is 39.2 Å². The van der Waals surface area contributed by atoms with Crippen LogP contribution in [0.25, 0.3) is 17.1 Å². The zero-order valence-electron chi connectivity index (χ0n) is 18.1. The van der Waals surface area contributed by atoms with Crippen molar-refractivity contribution in [2.24, 2.45) is 0 Å². The molecule has 0 bridgehead atoms. The SMILES string of the molecule is Cc1nn(-c2ccc(C(=O)N(Cc3nnc(-c4ccccc4Cl)o3)C3CC3)cc2)c(C)c1Cl. The second-order valence-corrected chi connectivity index (χ2v) is 8.87. The molecule has 2 aromatic carbocycles. The van der Waals surface area contributed by atoms with Crippen LogP contribution in [0.5, 0.6) is 0 Å². The highest BCUT2D eigenvalue weighted by Crippen LogP contribution is 2.31. The number of amides is 1. The van der Waals surface area contributed by atoms with Crippen molar-refractivity contribution in [1.82, 2.24) is 24.9 Å². The third-order valence-electron chi connectivity index (χ3n) is 5.69. The summed E-state index contributed by atoms with van der Waals surface area (Å²) < 4.78 is 7.60. The predicted octanol–water partition coefficient (Wildman–Crippen LogP) is 5.65. The van der Waals surface area contributed by atoms with Gasteiger partial charge in [-0.25, -0.2) is 4.68 Å². The van der Waals surface area contributed by atoms with E-state index in [0.29, 0.717) is 33.0 Å². The smallest absolute Gasteiger partial charge is 0.254 e.